The maximum Gasteiger partial charge on any atom is 0.355 e. The number of carbonyl (C=O) groups excluding carboxylic acids is 2. The molecule has 4 rings (SSSR count). The zero-order chi connectivity index (χ0) is 32.7. The summed E-state index contributed by atoms with van der Waals surface area (Å²) in [6.45, 7) is 2.13. The summed E-state index contributed by atoms with van der Waals surface area (Å²) in [4.78, 5) is 26.9. The Kier molecular flexibility index (Phi) is 11.0. The lowest BCUT2D eigenvalue weighted by atomic mass is 9.94. The van der Waals surface area contributed by atoms with Crippen molar-refractivity contribution in [2.45, 2.75) is 19.9 Å². The highest BCUT2D eigenvalue weighted by atomic mass is 79.9. The Bertz CT molecular complexity index is 1700. The predicted molar refractivity (Wildman–Crippen MR) is 174 cm³/mol. The van der Waals surface area contributed by atoms with Crippen molar-refractivity contribution in [2.24, 2.45) is 0 Å². The number of ether oxygens (including phenoxy) is 7. The number of hydrogen-bond acceptors (Lipinski definition) is 9. The molecule has 0 aliphatic heterocycles. The second kappa shape index (κ2) is 14.9. The summed E-state index contributed by atoms with van der Waals surface area (Å²) in [5.41, 5.74) is 3.65. The van der Waals surface area contributed by atoms with Gasteiger partial charge in [0.15, 0.2) is 40.8 Å². The number of aryl methyl sites for hydroxylation is 1. The molecular formula is C34H36BrNO9. The van der Waals surface area contributed by atoms with Crippen LogP contribution in [0.25, 0.3) is 22.3 Å². The molecule has 0 N–H and O–H groups in total. The van der Waals surface area contributed by atoms with Gasteiger partial charge in [0, 0.05) is 22.1 Å². The van der Waals surface area contributed by atoms with Gasteiger partial charge in [0.05, 0.1) is 55.0 Å². The molecule has 0 bridgehead atoms. The van der Waals surface area contributed by atoms with Crippen LogP contribution in [0.3, 0.4) is 0 Å². The molecule has 3 aromatic carbocycles. The maximum absolute atomic E-state index is 13.8. The van der Waals surface area contributed by atoms with Gasteiger partial charge < -0.3 is 37.7 Å². The zero-order valence-corrected chi connectivity index (χ0v) is 27.9. The van der Waals surface area contributed by atoms with Crippen LogP contribution in [0.15, 0.2) is 53.0 Å². The standard InChI is InChI=1S/C34H36BrNO9/c1-8-45-34(38)33-32(22-10-12-26(40-3)28(17-22)42-5)31(21-9-11-25(39-2)27(16-21)41-4)24(19-37)36(33)14-13-20-15-29(43-6)30(44-7)18-23(20)35/h9-12,15-19H,8,13-14H2,1-7H3. The van der Waals surface area contributed by atoms with Crippen LogP contribution in [0.1, 0.15) is 33.5 Å². The number of methoxy groups -OCH3 is 6. The zero-order valence-electron chi connectivity index (χ0n) is 26.3. The molecule has 0 unspecified atom stereocenters. The van der Waals surface area contributed by atoms with Gasteiger partial charge in [0.25, 0.3) is 0 Å². The largest absolute Gasteiger partial charge is 0.493 e. The van der Waals surface area contributed by atoms with Gasteiger partial charge in [-0.2, -0.15) is 0 Å². The fourth-order valence-corrected chi connectivity index (χ4v) is 5.80. The van der Waals surface area contributed by atoms with Gasteiger partial charge in [-0.1, -0.05) is 28.1 Å². The number of halogens is 1. The monoisotopic (exact) mass is 681 g/mol. The van der Waals surface area contributed by atoms with Crippen molar-refractivity contribution in [2.75, 3.05) is 49.3 Å². The van der Waals surface area contributed by atoms with Crippen molar-refractivity contribution in [1.29, 1.82) is 0 Å². The number of hydrogen-bond donors (Lipinski definition) is 0. The Balaban J connectivity index is 2.05. The third-order valence-electron chi connectivity index (χ3n) is 7.39. The highest BCUT2D eigenvalue weighted by Gasteiger charge is 2.31. The first-order valence-electron chi connectivity index (χ1n) is 14.0. The predicted octanol–water partition coefficient (Wildman–Crippen LogP) is 6.87. The van der Waals surface area contributed by atoms with Crippen molar-refractivity contribution in [1.82, 2.24) is 4.57 Å². The van der Waals surface area contributed by atoms with E-state index in [1.807, 2.05) is 24.3 Å². The third kappa shape index (κ3) is 6.58. The van der Waals surface area contributed by atoms with Crippen molar-refractivity contribution < 1.29 is 42.7 Å². The summed E-state index contributed by atoms with van der Waals surface area (Å²) in [7, 11) is 9.29. The van der Waals surface area contributed by atoms with Gasteiger partial charge in [-0.15, -0.1) is 0 Å². The average molecular weight is 683 g/mol. The third-order valence-corrected chi connectivity index (χ3v) is 8.12. The first kappa shape index (κ1) is 33.3. The summed E-state index contributed by atoms with van der Waals surface area (Å²) in [5, 5.41) is 0. The molecule has 238 valence electrons. The molecule has 10 nitrogen and oxygen atoms in total. The summed E-state index contributed by atoms with van der Waals surface area (Å²) in [6.07, 6.45) is 1.18. The van der Waals surface area contributed by atoms with Gasteiger partial charge in [0.1, 0.15) is 5.69 Å². The second-order valence-electron chi connectivity index (χ2n) is 9.66. The van der Waals surface area contributed by atoms with E-state index in [9.17, 15) is 9.59 Å². The molecule has 0 saturated heterocycles. The van der Waals surface area contributed by atoms with Gasteiger partial charge >= 0.3 is 5.97 Å². The van der Waals surface area contributed by atoms with E-state index in [-0.39, 0.29) is 24.5 Å². The quantitative estimate of drug-likeness (QED) is 0.104. The first-order chi connectivity index (χ1) is 21.8. The molecule has 0 radical (unpaired) electrons. The number of rotatable bonds is 14. The van der Waals surface area contributed by atoms with Crippen LogP contribution in [0.4, 0.5) is 0 Å². The van der Waals surface area contributed by atoms with Gasteiger partial charge in [-0.05, 0) is 66.4 Å². The summed E-state index contributed by atoms with van der Waals surface area (Å²) in [5.74, 6) is 2.50. The Morgan fingerprint density at radius 1 is 0.711 bits per heavy atom. The molecule has 4 aromatic rings. The normalized spacial score (nSPS) is 10.7. The number of benzene rings is 3. The minimum atomic E-state index is -0.580. The molecule has 0 saturated carbocycles. The minimum absolute atomic E-state index is 0.138. The molecule has 0 spiro atoms. The smallest absolute Gasteiger partial charge is 0.355 e. The Morgan fingerprint density at radius 2 is 1.20 bits per heavy atom. The molecule has 0 aliphatic carbocycles. The fraction of sp³-hybridized carbons (Fsp3) is 0.294. The number of nitrogens with zero attached hydrogens (tertiary/aromatic N) is 1. The minimum Gasteiger partial charge on any atom is -0.493 e. The topological polar surface area (TPSA) is 104 Å². The Labute approximate surface area is 270 Å². The number of aromatic nitrogens is 1. The lowest BCUT2D eigenvalue weighted by Crippen LogP contribution is -2.16. The van der Waals surface area contributed by atoms with E-state index in [0.29, 0.717) is 63.2 Å². The van der Waals surface area contributed by atoms with E-state index < -0.39 is 5.97 Å². The molecule has 0 aliphatic rings. The average Bonchev–Trinajstić information content (AvgIpc) is 3.40. The maximum atomic E-state index is 13.8. The summed E-state index contributed by atoms with van der Waals surface area (Å²) >= 11 is 3.63. The highest BCUT2D eigenvalue weighted by molar-refractivity contribution is 9.10. The number of carbonyl (C=O) groups is 2. The number of aldehydes is 1. The lowest BCUT2D eigenvalue weighted by Gasteiger charge is -2.15. The van der Waals surface area contributed by atoms with Crippen molar-refractivity contribution in [3.63, 3.8) is 0 Å². The van der Waals surface area contributed by atoms with E-state index in [1.54, 1.807) is 64.2 Å². The SMILES string of the molecule is CCOC(=O)c1c(-c2ccc(OC)c(OC)c2)c(-c2ccc(OC)c(OC)c2)c(C=O)n1CCc1cc(OC)c(OC)cc1Br. The summed E-state index contributed by atoms with van der Waals surface area (Å²) < 4.78 is 41.1. The Hall–Kier alpha value is -4.64. The molecule has 11 heteroatoms. The molecular weight excluding hydrogens is 646 g/mol. The van der Waals surface area contributed by atoms with E-state index in [2.05, 4.69) is 15.9 Å². The van der Waals surface area contributed by atoms with Gasteiger partial charge in [-0.3, -0.25) is 4.79 Å². The first-order valence-corrected chi connectivity index (χ1v) is 14.8. The Morgan fingerprint density at radius 3 is 1.69 bits per heavy atom. The second-order valence-corrected chi connectivity index (χ2v) is 10.5. The molecule has 45 heavy (non-hydrogen) atoms. The molecule has 0 fully saturated rings. The van der Waals surface area contributed by atoms with Crippen LogP contribution in [-0.4, -0.2) is 66.1 Å². The van der Waals surface area contributed by atoms with E-state index in [0.717, 1.165) is 16.3 Å². The molecule has 0 atom stereocenters. The molecule has 1 heterocycles. The number of esters is 1. The van der Waals surface area contributed by atoms with Crippen LogP contribution >= 0.6 is 15.9 Å². The summed E-state index contributed by atoms with van der Waals surface area (Å²) in [6, 6.07) is 14.4. The molecule has 1 aromatic heterocycles. The van der Waals surface area contributed by atoms with Crippen LogP contribution in [-0.2, 0) is 17.7 Å². The van der Waals surface area contributed by atoms with Crippen molar-refractivity contribution in [3.05, 3.63) is 70.0 Å². The van der Waals surface area contributed by atoms with Crippen molar-refractivity contribution in [3.8, 4) is 56.8 Å². The highest BCUT2D eigenvalue weighted by Crippen LogP contribution is 2.45. The van der Waals surface area contributed by atoms with Gasteiger partial charge in [0.2, 0.25) is 0 Å². The van der Waals surface area contributed by atoms with Crippen molar-refractivity contribution >= 4 is 28.2 Å². The van der Waals surface area contributed by atoms with Crippen LogP contribution in [0.5, 0.6) is 34.5 Å². The fourth-order valence-electron chi connectivity index (χ4n) is 5.28. The van der Waals surface area contributed by atoms with Crippen LogP contribution < -0.4 is 28.4 Å². The van der Waals surface area contributed by atoms with E-state index in [4.69, 9.17) is 33.2 Å². The van der Waals surface area contributed by atoms with Gasteiger partial charge in [-0.25, -0.2) is 4.79 Å². The lowest BCUT2D eigenvalue weighted by molar-refractivity contribution is 0.0514. The molecule has 0 amide bonds. The van der Waals surface area contributed by atoms with Crippen LogP contribution in [0, 0.1) is 0 Å². The van der Waals surface area contributed by atoms with E-state index >= 15 is 0 Å². The van der Waals surface area contributed by atoms with E-state index in [1.165, 1.54) is 14.2 Å². The van der Waals surface area contributed by atoms with Crippen LogP contribution in [0.2, 0.25) is 0 Å².